The first-order chi connectivity index (χ1) is 21.2. The molecule has 4 aromatic carbocycles. The molecular weight excluding hydrogens is 534 g/mol. The molecule has 4 aromatic rings. The molecule has 2 N–H and O–H groups in total. The highest BCUT2D eigenvalue weighted by Gasteiger charge is 2.19. The number of methoxy groups -OCH3 is 2. The zero-order valence-electron chi connectivity index (χ0n) is 25.6. The summed E-state index contributed by atoms with van der Waals surface area (Å²) in [5.41, 5.74) is 6.15. The summed E-state index contributed by atoms with van der Waals surface area (Å²) < 4.78 is 17.4. The second kappa shape index (κ2) is 16.1. The van der Waals surface area contributed by atoms with Crippen molar-refractivity contribution in [2.45, 2.75) is 45.0 Å². The van der Waals surface area contributed by atoms with E-state index < -0.39 is 0 Å². The molecule has 0 unspecified atom stereocenters. The second-order valence-electron chi connectivity index (χ2n) is 11.2. The molecule has 0 amide bonds. The molecule has 6 heteroatoms. The molecule has 0 spiro atoms. The summed E-state index contributed by atoms with van der Waals surface area (Å²) in [7, 11) is 3.33. The molecular formula is C37H45N3O3. The van der Waals surface area contributed by atoms with E-state index in [4.69, 9.17) is 14.2 Å². The number of nitrogens with zero attached hydrogens (tertiary/aromatic N) is 1. The second-order valence-corrected chi connectivity index (χ2v) is 11.2. The molecule has 1 aliphatic rings. The Balaban J connectivity index is 0.980. The number of piperidine rings is 1. The van der Waals surface area contributed by atoms with Crippen LogP contribution in [0.15, 0.2) is 97.1 Å². The highest BCUT2D eigenvalue weighted by atomic mass is 16.5. The fourth-order valence-electron chi connectivity index (χ4n) is 5.65. The Kier molecular flexibility index (Phi) is 11.5. The summed E-state index contributed by atoms with van der Waals surface area (Å²) in [6.07, 6.45) is 3.49. The minimum Gasteiger partial charge on any atom is -0.493 e. The van der Waals surface area contributed by atoms with Gasteiger partial charge in [-0.05, 0) is 85.4 Å². The van der Waals surface area contributed by atoms with Crippen LogP contribution in [0.5, 0.6) is 17.2 Å². The van der Waals surface area contributed by atoms with E-state index in [9.17, 15) is 0 Å². The van der Waals surface area contributed by atoms with Crippen LogP contribution in [0.4, 0.5) is 0 Å². The van der Waals surface area contributed by atoms with Crippen LogP contribution in [0.1, 0.15) is 36.0 Å². The van der Waals surface area contributed by atoms with Crippen LogP contribution in [-0.2, 0) is 19.7 Å². The Labute approximate surface area is 257 Å². The SMILES string of the molecule is COc1cc(CNCCCNC2CCN(Cc3ccc(-c4ccccc4)cc3)CC2)cc(OC)c1OCc1ccccc1. The third kappa shape index (κ3) is 9.07. The molecule has 1 heterocycles. The van der Waals surface area contributed by atoms with E-state index in [2.05, 4.69) is 70.1 Å². The fourth-order valence-corrected chi connectivity index (χ4v) is 5.65. The Morgan fingerprint density at radius 1 is 0.698 bits per heavy atom. The van der Waals surface area contributed by atoms with Crippen LogP contribution in [0, 0.1) is 0 Å². The van der Waals surface area contributed by atoms with Crippen LogP contribution in [0.2, 0.25) is 0 Å². The monoisotopic (exact) mass is 579 g/mol. The Bertz CT molecular complexity index is 1350. The lowest BCUT2D eigenvalue weighted by Gasteiger charge is -2.32. The standard InChI is InChI=1S/C37H45N3O3/c1-41-35-24-31(25-36(42-2)37(35)43-28-30-10-5-3-6-11-30)26-38-20-9-21-39-34-18-22-40(23-19-34)27-29-14-16-33(17-15-29)32-12-7-4-8-13-32/h3-8,10-17,24-25,34,38-39H,9,18-23,26-28H2,1-2H3. The fraction of sp³-hybridized carbons (Fsp3) is 0.351. The Morgan fingerprint density at radius 3 is 1.98 bits per heavy atom. The maximum atomic E-state index is 6.08. The van der Waals surface area contributed by atoms with Crippen LogP contribution in [0.3, 0.4) is 0 Å². The van der Waals surface area contributed by atoms with E-state index in [0.717, 1.165) is 56.8 Å². The third-order valence-electron chi connectivity index (χ3n) is 8.09. The highest BCUT2D eigenvalue weighted by Crippen LogP contribution is 2.39. The van der Waals surface area contributed by atoms with Gasteiger partial charge in [-0.15, -0.1) is 0 Å². The molecule has 1 aliphatic heterocycles. The van der Waals surface area contributed by atoms with Gasteiger partial charge in [-0.2, -0.15) is 0 Å². The number of ether oxygens (including phenoxy) is 3. The van der Waals surface area contributed by atoms with Crippen molar-refractivity contribution >= 4 is 0 Å². The molecule has 0 bridgehead atoms. The largest absolute Gasteiger partial charge is 0.493 e. The van der Waals surface area contributed by atoms with Crippen molar-refractivity contribution in [2.75, 3.05) is 40.4 Å². The zero-order chi connectivity index (χ0) is 29.7. The maximum Gasteiger partial charge on any atom is 0.203 e. The van der Waals surface area contributed by atoms with Gasteiger partial charge in [-0.1, -0.05) is 84.9 Å². The van der Waals surface area contributed by atoms with Crippen molar-refractivity contribution in [3.8, 4) is 28.4 Å². The van der Waals surface area contributed by atoms with Gasteiger partial charge < -0.3 is 24.8 Å². The van der Waals surface area contributed by atoms with Crippen LogP contribution >= 0.6 is 0 Å². The molecule has 0 aliphatic carbocycles. The first kappa shape index (κ1) is 30.6. The molecule has 43 heavy (non-hydrogen) atoms. The van der Waals surface area contributed by atoms with Crippen molar-refractivity contribution in [3.63, 3.8) is 0 Å². The smallest absolute Gasteiger partial charge is 0.203 e. The van der Waals surface area contributed by atoms with E-state index in [1.165, 1.54) is 29.5 Å². The van der Waals surface area contributed by atoms with E-state index in [1.54, 1.807) is 14.2 Å². The lowest BCUT2D eigenvalue weighted by Crippen LogP contribution is -2.42. The summed E-state index contributed by atoms with van der Waals surface area (Å²) in [5, 5.41) is 7.35. The normalized spacial score (nSPS) is 14.0. The number of nitrogens with one attached hydrogen (secondary N) is 2. The van der Waals surface area contributed by atoms with Crippen LogP contribution < -0.4 is 24.8 Å². The van der Waals surface area contributed by atoms with Gasteiger partial charge in [0, 0.05) is 19.1 Å². The first-order valence-electron chi connectivity index (χ1n) is 15.4. The van der Waals surface area contributed by atoms with E-state index in [0.29, 0.717) is 29.9 Å². The number of hydrogen-bond donors (Lipinski definition) is 2. The van der Waals surface area contributed by atoms with Crippen molar-refractivity contribution in [1.29, 1.82) is 0 Å². The number of benzene rings is 4. The van der Waals surface area contributed by atoms with Gasteiger partial charge in [0.25, 0.3) is 0 Å². The maximum absolute atomic E-state index is 6.08. The average Bonchev–Trinajstić information content (AvgIpc) is 3.07. The number of likely N-dealkylation sites (tertiary alicyclic amines) is 1. The molecule has 1 fully saturated rings. The number of rotatable bonds is 15. The third-order valence-corrected chi connectivity index (χ3v) is 8.09. The Morgan fingerprint density at radius 2 is 1.33 bits per heavy atom. The van der Waals surface area contributed by atoms with Crippen molar-refractivity contribution in [3.05, 3.63) is 114 Å². The molecule has 0 atom stereocenters. The Hall–Kier alpha value is -3.84. The molecule has 0 saturated carbocycles. The minimum atomic E-state index is 0.458. The van der Waals surface area contributed by atoms with Crippen LogP contribution in [0.25, 0.3) is 11.1 Å². The summed E-state index contributed by atoms with van der Waals surface area (Å²) in [5.74, 6) is 2.00. The van der Waals surface area contributed by atoms with Crippen molar-refractivity contribution < 1.29 is 14.2 Å². The van der Waals surface area contributed by atoms with Gasteiger partial charge >= 0.3 is 0 Å². The molecule has 0 radical (unpaired) electrons. The topological polar surface area (TPSA) is 55.0 Å². The minimum absolute atomic E-state index is 0.458. The molecule has 5 rings (SSSR count). The summed E-state index contributed by atoms with van der Waals surface area (Å²) in [6.45, 7) is 6.49. The van der Waals surface area contributed by atoms with Gasteiger partial charge in [0.15, 0.2) is 11.5 Å². The molecule has 0 aromatic heterocycles. The predicted octanol–water partition coefficient (Wildman–Crippen LogP) is 6.68. The van der Waals surface area contributed by atoms with E-state index in [1.807, 2.05) is 42.5 Å². The van der Waals surface area contributed by atoms with E-state index in [-0.39, 0.29) is 0 Å². The van der Waals surface area contributed by atoms with Gasteiger partial charge in [-0.25, -0.2) is 0 Å². The van der Waals surface area contributed by atoms with E-state index >= 15 is 0 Å². The van der Waals surface area contributed by atoms with Gasteiger partial charge in [0.05, 0.1) is 14.2 Å². The van der Waals surface area contributed by atoms with Gasteiger partial charge in [-0.3, -0.25) is 4.90 Å². The lowest BCUT2D eigenvalue weighted by atomic mass is 10.0. The first-order valence-corrected chi connectivity index (χ1v) is 15.4. The summed E-state index contributed by atoms with van der Waals surface area (Å²) in [6, 6.07) is 34.4. The average molecular weight is 580 g/mol. The summed E-state index contributed by atoms with van der Waals surface area (Å²) in [4.78, 5) is 2.58. The van der Waals surface area contributed by atoms with Crippen molar-refractivity contribution in [1.82, 2.24) is 15.5 Å². The van der Waals surface area contributed by atoms with Gasteiger partial charge in [0.1, 0.15) is 6.61 Å². The number of hydrogen-bond acceptors (Lipinski definition) is 6. The predicted molar refractivity (Wildman–Crippen MR) is 175 cm³/mol. The zero-order valence-corrected chi connectivity index (χ0v) is 25.6. The molecule has 6 nitrogen and oxygen atoms in total. The lowest BCUT2D eigenvalue weighted by molar-refractivity contribution is 0.190. The molecule has 226 valence electrons. The summed E-state index contributed by atoms with van der Waals surface area (Å²) >= 11 is 0. The highest BCUT2D eigenvalue weighted by molar-refractivity contribution is 5.63. The van der Waals surface area contributed by atoms with Crippen LogP contribution in [-0.4, -0.2) is 51.3 Å². The van der Waals surface area contributed by atoms with Gasteiger partial charge in [0.2, 0.25) is 5.75 Å². The van der Waals surface area contributed by atoms with Crippen molar-refractivity contribution in [2.24, 2.45) is 0 Å². The molecule has 1 saturated heterocycles. The quantitative estimate of drug-likeness (QED) is 0.153.